The molecule has 2 aromatic carbocycles. The number of nitrogens with one attached hydrogen (secondary N) is 1. The Labute approximate surface area is 177 Å². The van der Waals surface area contributed by atoms with Crippen LogP contribution in [0.15, 0.2) is 67.3 Å². The lowest BCUT2D eigenvalue weighted by Gasteiger charge is -2.23. The number of aliphatic carboxylic acids is 1. The number of nitrogens with zero attached hydrogens (tertiary/aromatic N) is 1. The monoisotopic (exact) mass is 430 g/mol. The van der Waals surface area contributed by atoms with E-state index in [1.807, 2.05) is 13.0 Å². The third-order valence-corrected chi connectivity index (χ3v) is 6.76. The van der Waals surface area contributed by atoms with Crippen LogP contribution in [0.4, 0.5) is 0 Å². The van der Waals surface area contributed by atoms with E-state index in [4.69, 9.17) is 0 Å². The van der Waals surface area contributed by atoms with Crippen molar-refractivity contribution in [2.24, 2.45) is 0 Å². The van der Waals surface area contributed by atoms with Crippen LogP contribution < -0.4 is 5.32 Å². The van der Waals surface area contributed by atoms with Gasteiger partial charge in [-0.3, -0.25) is 4.79 Å². The van der Waals surface area contributed by atoms with Gasteiger partial charge >= 0.3 is 5.97 Å². The van der Waals surface area contributed by atoms with Gasteiger partial charge in [-0.15, -0.1) is 6.58 Å². The number of likely N-dealkylation sites (N-methyl/N-ethyl adjacent to an activating group) is 1. The molecule has 0 aliphatic rings. The lowest BCUT2D eigenvalue weighted by molar-refractivity contribution is -0.141. The minimum Gasteiger partial charge on any atom is -0.480 e. The van der Waals surface area contributed by atoms with Gasteiger partial charge in [-0.05, 0) is 18.1 Å². The highest BCUT2D eigenvalue weighted by atomic mass is 32.2. The molecule has 0 aliphatic carbocycles. The number of hydrogen-bond acceptors (Lipinski definition) is 4. The smallest absolute Gasteiger partial charge is 0.326 e. The zero-order valence-corrected chi connectivity index (χ0v) is 17.8. The normalized spacial score (nSPS) is 13.4. The Bertz CT molecular complexity index is 988. The van der Waals surface area contributed by atoms with E-state index >= 15 is 0 Å². The number of carbonyl (C=O) groups excluding carboxylic acids is 1. The molecule has 0 saturated heterocycles. The van der Waals surface area contributed by atoms with E-state index in [0.29, 0.717) is 5.56 Å². The lowest BCUT2D eigenvalue weighted by atomic mass is 10.1. The lowest BCUT2D eigenvalue weighted by Crippen LogP contribution is -2.47. The van der Waals surface area contributed by atoms with Gasteiger partial charge in [0, 0.05) is 13.5 Å². The number of sulfonamides is 1. The van der Waals surface area contributed by atoms with Crippen LogP contribution >= 0.6 is 0 Å². The average molecular weight is 431 g/mol. The molecule has 1 unspecified atom stereocenters. The van der Waals surface area contributed by atoms with E-state index in [-0.39, 0.29) is 6.42 Å². The quantitative estimate of drug-likeness (QED) is 0.563. The molecule has 0 fully saturated rings. The van der Waals surface area contributed by atoms with Gasteiger partial charge in [0.2, 0.25) is 15.9 Å². The number of rotatable bonds is 10. The highest BCUT2D eigenvalue weighted by Crippen LogP contribution is 2.26. The summed E-state index contributed by atoms with van der Waals surface area (Å²) in [7, 11) is -2.64. The number of hydrogen-bond donors (Lipinski definition) is 2. The Balaban J connectivity index is 2.09. The van der Waals surface area contributed by atoms with Crippen LogP contribution in [0.3, 0.4) is 0 Å². The van der Waals surface area contributed by atoms with Crippen LogP contribution in [0, 0.1) is 6.92 Å². The molecule has 0 radical (unpaired) electrons. The molecule has 0 saturated carbocycles. The minimum atomic E-state index is -3.92. The van der Waals surface area contributed by atoms with Crippen LogP contribution in [0.5, 0.6) is 0 Å². The number of carbonyl (C=O) groups is 2. The molecular formula is C22H26N2O5S. The molecule has 0 heterocycles. The van der Waals surface area contributed by atoms with Gasteiger partial charge in [-0.1, -0.05) is 66.2 Å². The van der Waals surface area contributed by atoms with E-state index in [0.717, 1.165) is 15.4 Å². The Kier molecular flexibility index (Phi) is 7.91. The topological polar surface area (TPSA) is 104 Å². The number of carboxylic acid groups (broad SMARTS) is 1. The van der Waals surface area contributed by atoms with E-state index in [1.54, 1.807) is 48.5 Å². The summed E-state index contributed by atoms with van der Waals surface area (Å²) < 4.78 is 26.8. The maximum atomic E-state index is 13.0. The number of aryl methyl sites for hydroxylation is 1. The van der Waals surface area contributed by atoms with Crippen molar-refractivity contribution in [3.8, 4) is 0 Å². The second-order valence-corrected chi connectivity index (χ2v) is 9.18. The van der Waals surface area contributed by atoms with E-state index < -0.39 is 39.7 Å². The van der Waals surface area contributed by atoms with Crippen molar-refractivity contribution in [1.82, 2.24) is 9.62 Å². The van der Waals surface area contributed by atoms with E-state index in [9.17, 15) is 23.1 Å². The summed E-state index contributed by atoms with van der Waals surface area (Å²) in [5, 5.41) is 10.8. The Morgan fingerprint density at radius 1 is 1.13 bits per heavy atom. The maximum absolute atomic E-state index is 13.0. The van der Waals surface area contributed by atoms with Crippen LogP contribution in [0.1, 0.15) is 21.9 Å². The molecule has 0 spiro atoms. The van der Waals surface area contributed by atoms with Gasteiger partial charge in [0.15, 0.2) is 0 Å². The maximum Gasteiger partial charge on any atom is 0.326 e. The first-order valence-corrected chi connectivity index (χ1v) is 10.9. The van der Waals surface area contributed by atoms with Gasteiger partial charge in [0.05, 0.1) is 6.54 Å². The van der Waals surface area contributed by atoms with Crippen molar-refractivity contribution < 1.29 is 23.1 Å². The SMILES string of the molecule is C=CC(c1ccc(C)cc1)S(=O)(=O)N(C)CC(=O)N[C@@H](Cc1ccccc1)C(=O)O. The van der Waals surface area contributed by atoms with Crippen molar-refractivity contribution in [2.45, 2.75) is 24.6 Å². The Morgan fingerprint density at radius 3 is 2.27 bits per heavy atom. The zero-order valence-electron chi connectivity index (χ0n) is 17.0. The average Bonchev–Trinajstić information content (AvgIpc) is 2.70. The van der Waals surface area contributed by atoms with Crippen molar-refractivity contribution in [3.05, 3.63) is 83.9 Å². The molecule has 30 heavy (non-hydrogen) atoms. The first-order chi connectivity index (χ1) is 14.1. The second kappa shape index (κ2) is 10.2. The molecule has 1 amide bonds. The molecule has 8 heteroatoms. The van der Waals surface area contributed by atoms with Crippen molar-refractivity contribution >= 4 is 21.9 Å². The van der Waals surface area contributed by atoms with Crippen molar-refractivity contribution in [1.29, 1.82) is 0 Å². The minimum absolute atomic E-state index is 0.0943. The Hall–Kier alpha value is -2.97. The fraction of sp³-hybridized carbons (Fsp3) is 0.273. The predicted octanol–water partition coefficient (Wildman–Crippen LogP) is 2.30. The summed E-state index contributed by atoms with van der Waals surface area (Å²) in [5.41, 5.74) is 2.28. The molecule has 7 nitrogen and oxygen atoms in total. The van der Waals surface area contributed by atoms with Gasteiger partial charge in [0.25, 0.3) is 0 Å². The van der Waals surface area contributed by atoms with Crippen LogP contribution in [-0.2, 0) is 26.0 Å². The Morgan fingerprint density at radius 2 is 1.73 bits per heavy atom. The molecular weight excluding hydrogens is 404 g/mol. The van der Waals surface area contributed by atoms with E-state index in [1.165, 1.54) is 13.1 Å². The summed E-state index contributed by atoms with van der Waals surface area (Å²) in [6, 6.07) is 14.7. The summed E-state index contributed by atoms with van der Waals surface area (Å²) >= 11 is 0. The molecule has 160 valence electrons. The fourth-order valence-corrected chi connectivity index (χ4v) is 4.39. The van der Waals surface area contributed by atoms with Gasteiger partial charge < -0.3 is 10.4 Å². The summed E-state index contributed by atoms with van der Waals surface area (Å²) in [5.74, 6) is -1.89. The van der Waals surface area contributed by atoms with Crippen LogP contribution in [-0.4, -0.2) is 49.3 Å². The number of benzene rings is 2. The summed E-state index contributed by atoms with van der Waals surface area (Å²) in [6.07, 6.45) is 1.40. The first-order valence-electron chi connectivity index (χ1n) is 9.35. The molecule has 0 aliphatic heterocycles. The third kappa shape index (κ3) is 6.01. The third-order valence-electron chi connectivity index (χ3n) is 4.66. The van der Waals surface area contributed by atoms with Crippen molar-refractivity contribution in [3.63, 3.8) is 0 Å². The van der Waals surface area contributed by atoms with Crippen molar-refractivity contribution in [2.75, 3.05) is 13.6 Å². The number of amides is 1. The second-order valence-electron chi connectivity index (χ2n) is 7.02. The fourth-order valence-electron chi connectivity index (χ4n) is 2.96. The zero-order chi connectivity index (χ0) is 22.3. The molecule has 2 atom stereocenters. The van der Waals surface area contributed by atoms with Crippen LogP contribution in [0.2, 0.25) is 0 Å². The highest BCUT2D eigenvalue weighted by molar-refractivity contribution is 7.89. The number of carboxylic acids is 1. The molecule has 2 N–H and O–H groups in total. The predicted molar refractivity (Wildman–Crippen MR) is 115 cm³/mol. The molecule has 2 rings (SSSR count). The molecule has 0 bridgehead atoms. The summed E-state index contributed by atoms with van der Waals surface area (Å²) in [4.78, 5) is 23.9. The highest BCUT2D eigenvalue weighted by Gasteiger charge is 2.31. The van der Waals surface area contributed by atoms with E-state index in [2.05, 4.69) is 11.9 Å². The largest absolute Gasteiger partial charge is 0.480 e. The first kappa shape index (κ1) is 23.3. The van der Waals surface area contributed by atoms with Gasteiger partial charge in [-0.2, -0.15) is 4.31 Å². The van der Waals surface area contributed by atoms with Gasteiger partial charge in [-0.25, -0.2) is 13.2 Å². The van der Waals surface area contributed by atoms with Gasteiger partial charge in [0.1, 0.15) is 11.3 Å². The van der Waals surface area contributed by atoms with Crippen LogP contribution in [0.25, 0.3) is 0 Å². The summed E-state index contributed by atoms with van der Waals surface area (Å²) in [6.45, 7) is 5.01. The standard InChI is InChI=1S/C22H26N2O5S/c1-4-20(18-12-10-16(2)11-13-18)30(28,29)24(3)15-21(25)23-19(22(26)27)14-17-8-6-5-7-9-17/h4-13,19-20H,1,14-15H2,2-3H3,(H,23,25)(H,26,27)/t19-,20?/m0/s1. The molecule has 2 aromatic rings. The molecule has 0 aromatic heterocycles.